The van der Waals surface area contributed by atoms with Crippen LogP contribution in [-0.2, 0) is 11.6 Å². The molecule has 242 valence electrons. The van der Waals surface area contributed by atoms with Gasteiger partial charge in [0, 0.05) is 80.9 Å². The minimum Gasteiger partial charge on any atom is -0.489 e. The molecule has 0 unspecified atom stereocenters. The molecular weight excluding hydrogens is 691 g/mol. The maximum Gasteiger partial charge on any atom is 0.229 e. The number of nitrogens with zero attached hydrogens (tertiary/aromatic N) is 7. The van der Waals surface area contributed by atoms with E-state index in [1.807, 2.05) is 45.4 Å². The summed E-state index contributed by atoms with van der Waals surface area (Å²) in [4.78, 5) is 20.6. The van der Waals surface area contributed by atoms with Crippen molar-refractivity contribution in [2.45, 2.75) is 20.0 Å². The van der Waals surface area contributed by atoms with Crippen LogP contribution in [0.25, 0.3) is 22.2 Å². The Hall–Kier alpha value is -3.77. The van der Waals surface area contributed by atoms with Gasteiger partial charge in [-0.25, -0.2) is 4.98 Å². The zero-order valence-electron chi connectivity index (χ0n) is 26.3. The fourth-order valence-electron chi connectivity index (χ4n) is 5.41. The number of rotatable bonds is 9. The van der Waals surface area contributed by atoms with Gasteiger partial charge in [-0.2, -0.15) is 10.1 Å². The van der Waals surface area contributed by atoms with E-state index < -0.39 is 7.14 Å². The number of aromatic nitrogens is 6. The number of fused-ring (bicyclic) bond motifs is 1. The molecule has 0 spiro atoms. The lowest BCUT2D eigenvalue weighted by molar-refractivity contribution is 0.244. The average Bonchev–Trinajstić information content (AvgIpc) is 3.44. The summed E-state index contributed by atoms with van der Waals surface area (Å²) in [7, 11) is -0.847. The minimum absolute atomic E-state index is 0. The van der Waals surface area contributed by atoms with E-state index in [1.54, 1.807) is 36.6 Å². The van der Waals surface area contributed by atoms with Crippen LogP contribution >= 0.6 is 35.5 Å². The SMILES string of the molecule is CC(C)Oc1cc(N2CCNCC2)c(-c2cnn(C)c2)cc1Nc1ncc(Br)c(Nc2ccc3nccnc3c2P(C)(C)=O)n1.Cl. The first kappa shape index (κ1) is 33.6. The molecule has 0 amide bonds. The fraction of sp³-hybridized carbons (Fsp3) is 0.323. The normalized spacial score (nSPS) is 13.5. The highest BCUT2D eigenvalue weighted by Crippen LogP contribution is 2.43. The third kappa shape index (κ3) is 7.28. The highest BCUT2D eigenvalue weighted by atomic mass is 79.9. The van der Waals surface area contributed by atoms with Crippen LogP contribution in [0.15, 0.2) is 59.7 Å². The van der Waals surface area contributed by atoms with Crippen molar-refractivity contribution in [3.05, 3.63) is 59.7 Å². The van der Waals surface area contributed by atoms with Crippen LogP contribution < -0.4 is 30.9 Å². The highest BCUT2D eigenvalue weighted by molar-refractivity contribution is 9.10. The number of piperazine rings is 1. The number of hydrogen-bond acceptors (Lipinski definition) is 11. The standard InChI is InChI=1S/C31H36BrN10O2P.ClH/c1-19(2)44-27-15-26(42-12-10-33-11-13-42)21(20-16-37-41(3)18-20)14-25(27)39-31-36-17-22(32)30(40-31)38-24-7-6-23-28(35-9-8-34-23)29(24)45(4,5)43;/h6-9,14-19,33H,10-13H2,1-5H3,(H2,36,38,39,40);1H. The lowest BCUT2D eigenvalue weighted by atomic mass is 10.0. The third-order valence-corrected chi connectivity index (χ3v) is 9.44. The van der Waals surface area contributed by atoms with Gasteiger partial charge in [-0.05, 0) is 61.3 Å². The zero-order valence-corrected chi connectivity index (χ0v) is 29.6. The van der Waals surface area contributed by atoms with Gasteiger partial charge in [-0.1, -0.05) is 0 Å². The number of nitrogens with one attached hydrogen (secondary N) is 3. The Balaban J connectivity index is 0.00000417. The first-order valence-electron chi connectivity index (χ1n) is 14.7. The molecule has 0 atom stereocenters. The highest BCUT2D eigenvalue weighted by Gasteiger charge is 2.24. The Labute approximate surface area is 282 Å². The summed E-state index contributed by atoms with van der Waals surface area (Å²) in [6, 6.07) is 7.89. The lowest BCUT2D eigenvalue weighted by Gasteiger charge is -2.32. The molecule has 1 aliphatic heterocycles. The topological polar surface area (TPSA) is 135 Å². The molecular formula is C31H37BrClN10O2P. The molecule has 3 N–H and O–H groups in total. The molecule has 12 nitrogen and oxygen atoms in total. The second-order valence-electron chi connectivity index (χ2n) is 11.5. The second-order valence-corrected chi connectivity index (χ2v) is 15.6. The van der Waals surface area contributed by atoms with Gasteiger partial charge in [0.2, 0.25) is 5.95 Å². The van der Waals surface area contributed by atoms with E-state index in [9.17, 15) is 4.57 Å². The first-order valence-corrected chi connectivity index (χ1v) is 18.1. The van der Waals surface area contributed by atoms with E-state index in [4.69, 9.17) is 9.72 Å². The smallest absolute Gasteiger partial charge is 0.229 e. The average molecular weight is 728 g/mol. The fourth-order valence-corrected chi connectivity index (χ4v) is 7.09. The van der Waals surface area contributed by atoms with Crippen LogP contribution in [-0.4, -0.2) is 75.3 Å². The molecule has 0 bridgehead atoms. The third-order valence-electron chi connectivity index (χ3n) is 7.33. The van der Waals surface area contributed by atoms with Crippen LogP contribution in [0.4, 0.5) is 28.8 Å². The molecule has 4 heterocycles. The summed E-state index contributed by atoms with van der Waals surface area (Å²) >= 11 is 3.59. The molecule has 0 radical (unpaired) electrons. The van der Waals surface area contributed by atoms with Crippen molar-refractivity contribution in [2.75, 3.05) is 55.0 Å². The van der Waals surface area contributed by atoms with Crippen molar-refractivity contribution in [3.63, 3.8) is 0 Å². The largest absolute Gasteiger partial charge is 0.489 e. The Morgan fingerprint density at radius 2 is 1.78 bits per heavy atom. The van der Waals surface area contributed by atoms with Crippen molar-refractivity contribution < 1.29 is 9.30 Å². The van der Waals surface area contributed by atoms with Gasteiger partial charge in [0.15, 0.2) is 0 Å². The van der Waals surface area contributed by atoms with Crippen molar-refractivity contribution in [1.29, 1.82) is 0 Å². The molecule has 0 saturated carbocycles. The van der Waals surface area contributed by atoms with Crippen molar-refractivity contribution in [2.24, 2.45) is 7.05 Å². The molecule has 0 aliphatic carbocycles. The molecule has 3 aromatic heterocycles. The second kappa shape index (κ2) is 13.9. The van der Waals surface area contributed by atoms with Gasteiger partial charge in [-0.3, -0.25) is 14.6 Å². The zero-order chi connectivity index (χ0) is 31.7. The summed E-state index contributed by atoms with van der Waals surface area (Å²) < 4.78 is 22.2. The summed E-state index contributed by atoms with van der Waals surface area (Å²) in [6.07, 6.45) is 8.74. The van der Waals surface area contributed by atoms with Gasteiger partial charge < -0.3 is 30.2 Å². The first-order chi connectivity index (χ1) is 21.6. The molecule has 2 aromatic carbocycles. The maximum atomic E-state index is 13.5. The van der Waals surface area contributed by atoms with E-state index >= 15 is 0 Å². The number of hydrogen-bond donors (Lipinski definition) is 3. The van der Waals surface area contributed by atoms with Gasteiger partial charge >= 0.3 is 0 Å². The Morgan fingerprint density at radius 3 is 2.48 bits per heavy atom. The van der Waals surface area contributed by atoms with E-state index in [-0.39, 0.29) is 18.5 Å². The number of aryl methyl sites for hydroxylation is 1. The number of halogens is 2. The molecule has 15 heteroatoms. The summed E-state index contributed by atoms with van der Waals surface area (Å²) in [5.41, 5.74) is 5.76. The van der Waals surface area contributed by atoms with Gasteiger partial charge in [0.25, 0.3) is 0 Å². The summed E-state index contributed by atoms with van der Waals surface area (Å²) in [5, 5.41) is 15.3. The quantitative estimate of drug-likeness (QED) is 0.156. The van der Waals surface area contributed by atoms with Gasteiger partial charge in [0.1, 0.15) is 24.2 Å². The minimum atomic E-state index is -2.76. The number of ether oxygens (including phenoxy) is 1. The van der Waals surface area contributed by atoms with E-state index in [0.717, 1.165) is 48.7 Å². The van der Waals surface area contributed by atoms with Crippen molar-refractivity contribution in [1.82, 2.24) is 35.0 Å². The van der Waals surface area contributed by atoms with Crippen LogP contribution in [0.1, 0.15) is 13.8 Å². The van der Waals surface area contributed by atoms with E-state index in [0.29, 0.717) is 44.0 Å². The lowest BCUT2D eigenvalue weighted by Crippen LogP contribution is -2.43. The van der Waals surface area contributed by atoms with Gasteiger partial charge in [-0.15, -0.1) is 12.4 Å². The molecule has 5 aromatic rings. The Bertz CT molecular complexity index is 1910. The van der Waals surface area contributed by atoms with Crippen molar-refractivity contribution in [3.8, 4) is 16.9 Å². The van der Waals surface area contributed by atoms with Crippen LogP contribution in [0.2, 0.25) is 0 Å². The molecule has 1 fully saturated rings. The number of benzene rings is 2. The molecule has 6 rings (SSSR count). The van der Waals surface area contributed by atoms with Crippen LogP contribution in [0.5, 0.6) is 5.75 Å². The van der Waals surface area contributed by atoms with E-state index in [2.05, 4.69) is 69.0 Å². The predicted molar refractivity (Wildman–Crippen MR) is 192 cm³/mol. The van der Waals surface area contributed by atoms with Crippen molar-refractivity contribution >= 4 is 80.6 Å². The van der Waals surface area contributed by atoms with E-state index in [1.165, 1.54) is 0 Å². The molecule has 1 aliphatic rings. The molecule has 1 saturated heterocycles. The maximum absolute atomic E-state index is 13.5. The summed E-state index contributed by atoms with van der Waals surface area (Å²) in [5.74, 6) is 1.56. The summed E-state index contributed by atoms with van der Waals surface area (Å²) in [6.45, 7) is 11.1. The Kier molecular flexibility index (Phi) is 10.2. The molecule has 46 heavy (non-hydrogen) atoms. The monoisotopic (exact) mass is 726 g/mol. The Morgan fingerprint density at radius 1 is 1.02 bits per heavy atom. The predicted octanol–water partition coefficient (Wildman–Crippen LogP) is 5.94. The van der Waals surface area contributed by atoms with Crippen LogP contribution in [0.3, 0.4) is 0 Å². The van der Waals surface area contributed by atoms with Crippen LogP contribution in [0, 0.1) is 0 Å². The van der Waals surface area contributed by atoms with Gasteiger partial charge in [0.05, 0.1) is 39.0 Å². The number of anilines is 5.